The Labute approximate surface area is 297 Å². The Morgan fingerprint density at radius 1 is 0.275 bits per heavy atom. The number of para-hydroxylation sites is 2. The minimum absolute atomic E-state index is 1.16. The maximum Gasteiger partial charge on any atom is 0.139 e. The van der Waals surface area contributed by atoms with Crippen molar-refractivity contribution in [1.29, 1.82) is 0 Å². The van der Waals surface area contributed by atoms with E-state index in [1.165, 1.54) is 82.5 Å². The van der Waals surface area contributed by atoms with Gasteiger partial charge >= 0.3 is 0 Å². The predicted molar refractivity (Wildman–Crippen MR) is 220 cm³/mol. The summed E-state index contributed by atoms with van der Waals surface area (Å²) < 4.78 is 4.80. The summed E-state index contributed by atoms with van der Waals surface area (Å²) >= 11 is 0. The van der Waals surface area contributed by atoms with Crippen LogP contribution in [0.4, 0.5) is 0 Å². The Hall–Kier alpha value is -6.58. The molecule has 10 rings (SSSR count). The zero-order valence-corrected chi connectivity index (χ0v) is 28.3. The third kappa shape index (κ3) is 4.89. The fourth-order valence-corrected chi connectivity index (χ4v) is 7.87. The van der Waals surface area contributed by atoms with Crippen molar-refractivity contribution in [3.05, 3.63) is 188 Å². The molecule has 0 fully saturated rings. The van der Waals surface area contributed by atoms with E-state index in [2.05, 4.69) is 205 Å². The number of rotatable bonds is 5. The second kappa shape index (κ2) is 11.8. The largest absolute Gasteiger partial charge is 0.309 e. The van der Waals surface area contributed by atoms with Gasteiger partial charge in [0.1, 0.15) is 7.85 Å². The molecule has 0 atom stereocenters. The molecule has 3 heteroatoms. The average Bonchev–Trinajstić information content (AvgIpc) is 3.71. The van der Waals surface area contributed by atoms with Gasteiger partial charge in [-0.05, 0) is 94.0 Å². The van der Waals surface area contributed by atoms with Gasteiger partial charge in [-0.1, -0.05) is 133 Å². The molecule has 0 saturated heterocycles. The average molecular weight is 649 g/mol. The van der Waals surface area contributed by atoms with Gasteiger partial charge in [0.2, 0.25) is 0 Å². The molecular weight excluding hydrogens is 615 g/mol. The summed E-state index contributed by atoms with van der Waals surface area (Å²) in [5.74, 6) is 0. The predicted octanol–water partition coefficient (Wildman–Crippen LogP) is 11.1. The lowest BCUT2D eigenvalue weighted by Gasteiger charge is -2.11. The fourth-order valence-electron chi connectivity index (χ4n) is 7.87. The zero-order chi connectivity index (χ0) is 33.9. The quantitative estimate of drug-likeness (QED) is 0.164. The highest BCUT2D eigenvalue weighted by Gasteiger charge is 2.16. The molecule has 51 heavy (non-hydrogen) atoms. The lowest BCUT2D eigenvalue weighted by Crippen LogP contribution is -1.99. The SMILES string of the molecule is Bc1ccc(-c2ccc(-n3c4ccccc4c4cc(-c5ccc6c(c5)c5ccccc5n6-c5cccc(-c6ccccc6)c5)ccc43)cc2)cc1. The van der Waals surface area contributed by atoms with Crippen molar-refractivity contribution in [2.75, 3.05) is 0 Å². The van der Waals surface area contributed by atoms with E-state index in [0.717, 1.165) is 11.4 Å². The number of aromatic nitrogens is 2. The van der Waals surface area contributed by atoms with Crippen LogP contribution in [0.1, 0.15) is 0 Å². The van der Waals surface area contributed by atoms with Gasteiger partial charge in [0.15, 0.2) is 0 Å². The Bertz CT molecular complexity index is 2900. The molecule has 0 aliphatic rings. The first kappa shape index (κ1) is 29.4. The first-order valence-corrected chi connectivity index (χ1v) is 17.6. The number of benzene rings is 8. The Kier molecular flexibility index (Phi) is 6.78. The summed E-state index contributed by atoms with van der Waals surface area (Å²) in [7, 11) is 2.13. The van der Waals surface area contributed by atoms with E-state index in [-0.39, 0.29) is 0 Å². The minimum Gasteiger partial charge on any atom is -0.309 e. The molecule has 0 bridgehead atoms. The van der Waals surface area contributed by atoms with Crippen LogP contribution in [0, 0.1) is 0 Å². The van der Waals surface area contributed by atoms with Crippen LogP contribution < -0.4 is 5.46 Å². The van der Waals surface area contributed by atoms with Gasteiger partial charge in [0, 0.05) is 32.9 Å². The maximum absolute atomic E-state index is 2.40. The van der Waals surface area contributed by atoms with Crippen LogP contribution in [0.25, 0.3) is 88.4 Å². The van der Waals surface area contributed by atoms with Gasteiger partial charge in [-0.3, -0.25) is 0 Å². The molecular formula is C48H33BN2. The second-order valence-corrected chi connectivity index (χ2v) is 13.5. The topological polar surface area (TPSA) is 9.86 Å². The third-order valence-corrected chi connectivity index (χ3v) is 10.4. The van der Waals surface area contributed by atoms with Gasteiger partial charge in [0.05, 0.1) is 22.1 Å². The molecule has 0 amide bonds. The fraction of sp³-hybridized carbons (Fsp3) is 0. The van der Waals surface area contributed by atoms with Crippen LogP contribution >= 0.6 is 0 Å². The molecule has 2 heterocycles. The van der Waals surface area contributed by atoms with Gasteiger partial charge in [-0.15, -0.1) is 0 Å². The lowest BCUT2D eigenvalue weighted by molar-refractivity contribution is 1.18. The van der Waals surface area contributed by atoms with E-state index < -0.39 is 0 Å². The summed E-state index contributed by atoms with van der Waals surface area (Å²) in [5.41, 5.74) is 15.8. The smallest absolute Gasteiger partial charge is 0.139 e. The molecule has 238 valence electrons. The number of nitrogens with zero attached hydrogens (tertiary/aromatic N) is 2. The summed E-state index contributed by atoms with van der Waals surface area (Å²) in [6, 6.07) is 68.6. The molecule has 0 saturated carbocycles. The van der Waals surface area contributed by atoms with Crippen molar-refractivity contribution in [3.63, 3.8) is 0 Å². The molecule has 0 spiro atoms. The summed E-state index contributed by atoms with van der Waals surface area (Å²) in [5, 5.41) is 5.02. The highest BCUT2D eigenvalue weighted by molar-refractivity contribution is 6.32. The summed E-state index contributed by atoms with van der Waals surface area (Å²) in [6.07, 6.45) is 0. The standard InChI is InChI=1S/C48H33BN2/c49-38-23-17-33(18-24-38)34-19-25-39(26-20-34)50-45-15-6-4-13-41(45)43-30-36(21-27-47(43)50)37-22-28-48-44(31-37)42-14-5-7-16-46(42)51(48)40-12-8-11-35(29-40)32-9-2-1-3-10-32/h1-31H,49H2. The van der Waals surface area contributed by atoms with E-state index in [1.54, 1.807) is 0 Å². The van der Waals surface area contributed by atoms with Crippen LogP contribution in [0.5, 0.6) is 0 Å². The van der Waals surface area contributed by atoms with Gasteiger partial charge in [0.25, 0.3) is 0 Å². The van der Waals surface area contributed by atoms with Crippen molar-refractivity contribution in [2.24, 2.45) is 0 Å². The normalized spacial score (nSPS) is 11.6. The van der Waals surface area contributed by atoms with E-state index in [4.69, 9.17) is 0 Å². The van der Waals surface area contributed by atoms with Crippen molar-refractivity contribution in [1.82, 2.24) is 9.13 Å². The van der Waals surface area contributed by atoms with Crippen molar-refractivity contribution in [3.8, 4) is 44.8 Å². The number of hydrogen-bond acceptors (Lipinski definition) is 0. The van der Waals surface area contributed by atoms with Gasteiger partial charge in [-0.2, -0.15) is 0 Å². The molecule has 0 unspecified atom stereocenters. The maximum atomic E-state index is 2.40. The second-order valence-electron chi connectivity index (χ2n) is 13.5. The molecule has 0 aliphatic heterocycles. The third-order valence-electron chi connectivity index (χ3n) is 10.4. The summed E-state index contributed by atoms with van der Waals surface area (Å²) in [6.45, 7) is 0. The monoisotopic (exact) mass is 648 g/mol. The minimum atomic E-state index is 1.16. The van der Waals surface area contributed by atoms with Crippen LogP contribution in [-0.4, -0.2) is 17.0 Å². The van der Waals surface area contributed by atoms with E-state index in [1.807, 2.05) is 0 Å². The van der Waals surface area contributed by atoms with Gasteiger partial charge in [-0.25, -0.2) is 0 Å². The summed E-state index contributed by atoms with van der Waals surface area (Å²) in [4.78, 5) is 0. The van der Waals surface area contributed by atoms with Crippen molar-refractivity contribution < 1.29 is 0 Å². The van der Waals surface area contributed by atoms with Crippen LogP contribution in [0.3, 0.4) is 0 Å². The van der Waals surface area contributed by atoms with E-state index in [9.17, 15) is 0 Å². The van der Waals surface area contributed by atoms with Crippen LogP contribution in [-0.2, 0) is 0 Å². The Balaban J connectivity index is 1.09. The van der Waals surface area contributed by atoms with Crippen molar-refractivity contribution >= 4 is 56.9 Å². The first-order valence-electron chi connectivity index (χ1n) is 17.6. The Morgan fingerprint density at radius 2 is 0.706 bits per heavy atom. The molecule has 10 aromatic rings. The highest BCUT2D eigenvalue weighted by Crippen LogP contribution is 2.39. The zero-order valence-electron chi connectivity index (χ0n) is 28.3. The number of fused-ring (bicyclic) bond motifs is 6. The van der Waals surface area contributed by atoms with E-state index >= 15 is 0 Å². The van der Waals surface area contributed by atoms with Crippen LogP contribution in [0.15, 0.2) is 188 Å². The molecule has 0 aliphatic carbocycles. The van der Waals surface area contributed by atoms with Gasteiger partial charge < -0.3 is 9.13 Å². The number of hydrogen-bond donors (Lipinski definition) is 0. The molecule has 2 nitrogen and oxygen atoms in total. The Morgan fingerprint density at radius 3 is 1.31 bits per heavy atom. The lowest BCUT2D eigenvalue weighted by atomic mass is 9.94. The van der Waals surface area contributed by atoms with Crippen LogP contribution in [0.2, 0.25) is 0 Å². The molecule has 8 aromatic carbocycles. The van der Waals surface area contributed by atoms with E-state index in [0.29, 0.717) is 0 Å². The highest BCUT2D eigenvalue weighted by atomic mass is 15.0. The first-order chi connectivity index (χ1) is 25.2. The molecule has 0 radical (unpaired) electrons. The molecule has 2 aromatic heterocycles. The van der Waals surface area contributed by atoms with Crippen molar-refractivity contribution in [2.45, 2.75) is 0 Å². The molecule has 0 N–H and O–H groups in total.